The molecule has 54 heavy (non-hydrogen) atoms. The normalized spacial score (nSPS) is 15.7. The Morgan fingerprint density at radius 3 is 1.61 bits per heavy atom. The molecule has 0 unspecified atom stereocenters. The zero-order chi connectivity index (χ0) is 38.3. The summed E-state index contributed by atoms with van der Waals surface area (Å²) in [4.78, 5) is 25.4. The minimum atomic E-state index is -3.66. The molecule has 18 heteroatoms. The molecular weight excluding hydrogens is 810 g/mol. The number of ketones is 1. The van der Waals surface area contributed by atoms with Gasteiger partial charge in [0.2, 0.25) is 0 Å². The fourth-order valence-corrected chi connectivity index (χ4v) is 10.3. The van der Waals surface area contributed by atoms with Gasteiger partial charge in [0, 0.05) is 83.8 Å². The van der Waals surface area contributed by atoms with Crippen molar-refractivity contribution in [3.63, 3.8) is 0 Å². The van der Waals surface area contributed by atoms with Gasteiger partial charge in [-0.3, -0.25) is 14.2 Å². The number of thiazole rings is 2. The van der Waals surface area contributed by atoms with E-state index in [9.17, 15) is 21.6 Å². The van der Waals surface area contributed by atoms with E-state index in [-0.39, 0.29) is 27.5 Å². The lowest BCUT2D eigenvalue weighted by Gasteiger charge is -2.33. The summed E-state index contributed by atoms with van der Waals surface area (Å²) >= 11 is 14.6. The molecule has 0 atom stereocenters. The maximum Gasteiger partial charge on any atom is 0.263 e. The summed E-state index contributed by atoms with van der Waals surface area (Å²) in [6, 6.07) is 19.0. The summed E-state index contributed by atoms with van der Waals surface area (Å²) < 4.78 is 54.4. The Hall–Kier alpha value is -3.77. The molecule has 5 aromatic rings. The van der Waals surface area contributed by atoms with Gasteiger partial charge in [-0.05, 0) is 98.3 Å². The van der Waals surface area contributed by atoms with Crippen LogP contribution in [0.15, 0.2) is 99.7 Å². The minimum Gasteiger partial charge on any atom is -0.372 e. The van der Waals surface area contributed by atoms with Crippen LogP contribution in [-0.4, -0.2) is 64.8 Å². The third-order valence-corrected chi connectivity index (χ3v) is 14.1. The number of piperidine rings is 2. The average Bonchev–Trinajstić information content (AvgIpc) is 3.87. The second-order valence-corrected chi connectivity index (χ2v) is 18.9. The Labute approximate surface area is 333 Å². The first-order valence-electron chi connectivity index (χ1n) is 17.1. The number of aromatic nitrogens is 2. The summed E-state index contributed by atoms with van der Waals surface area (Å²) in [5.41, 5.74) is 8.41. The lowest BCUT2D eigenvalue weighted by molar-refractivity contribution is 0.0954. The molecule has 12 nitrogen and oxygen atoms in total. The van der Waals surface area contributed by atoms with E-state index < -0.39 is 20.0 Å². The van der Waals surface area contributed by atoms with Crippen LogP contribution in [0.2, 0.25) is 10.0 Å². The molecule has 0 bridgehead atoms. The summed E-state index contributed by atoms with van der Waals surface area (Å²) in [5, 5.41) is 5.04. The number of nitrogens with one attached hydrogen (secondary N) is 2. The summed E-state index contributed by atoms with van der Waals surface area (Å²) in [6.45, 7) is 3.42. The van der Waals surface area contributed by atoms with Crippen LogP contribution in [0.3, 0.4) is 0 Å². The van der Waals surface area contributed by atoms with Gasteiger partial charge in [0.1, 0.15) is 0 Å². The highest BCUT2D eigenvalue weighted by atomic mass is 35.5. The number of anilines is 4. The Morgan fingerprint density at radius 2 is 1.19 bits per heavy atom. The van der Waals surface area contributed by atoms with Gasteiger partial charge < -0.3 is 15.5 Å². The molecule has 2 aliphatic heterocycles. The zero-order valence-electron chi connectivity index (χ0n) is 29.0. The van der Waals surface area contributed by atoms with E-state index in [4.69, 9.17) is 28.9 Å². The predicted octanol–water partition coefficient (Wildman–Crippen LogP) is 7.61. The van der Waals surface area contributed by atoms with Crippen LogP contribution in [0.4, 0.5) is 21.6 Å². The quantitative estimate of drug-likeness (QED) is 0.113. The van der Waals surface area contributed by atoms with E-state index in [1.807, 2.05) is 24.3 Å². The van der Waals surface area contributed by atoms with Gasteiger partial charge in [0.25, 0.3) is 20.0 Å². The van der Waals surface area contributed by atoms with Crippen molar-refractivity contribution < 1.29 is 21.6 Å². The number of rotatable bonds is 11. The zero-order valence-corrected chi connectivity index (χ0v) is 33.8. The fraction of sp³-hybridized carbons (Fsp3) is 0.306. The van der Waals surface area contributed by atoms with E-state index in [0.29, 0.717) is 32.3 Å². The molecule has 2 aromatic heterocycles. The standard InChI is InChI=1S/C22H21Cl2N3O3S2.C14H18N4O2S2/c23-16-1-6-19(20(24)14-16)21(28)13-15-7-10-27(11-8-15)17-2-4-18(5-3-17)32(29,30)26-22-25-9-12-31-22;15-11-5-8-18(9-6-11)12-1-3-13(4-2-12)22(19,20)17-14-16-7-10-21-14/h1-6,9,12,14-15H,7-8,10-11,13H2,(H,25,26);1-4,7,10-11H,5-6,8-9,15H2,(H,16,17). The van der Waals surface area contributed by atoms with Crippen molar-refractivity contribution in [3.05, 3.63) is 105 Å². The molecular formula is C36H39Cl2N7O5S4. The summed E-state index contributed by atoms with van der Waals surface area (Å²) in [6.07, 6.45) is 7.25. The molecule has 2 fully saturated rings. The number of sulfonamides is 2. The largest absolute Gasteiger partial charge is 0.372 e. The van der Waals surface area contributed by atoms with Gasteiger partial charge >= 0.3 is 0 Å². The Bertz CT molecular complexity index is 2210. The van der Waals surface area contributed by atoms with E-state index in [2.05, 4.69) is 29.2 Å². The van der Waals surface area contributed by atoms with Crippen molar-refractivity contribution in [2.45, 2.75) is 47.9 Å². The van der Waals surface area contributed by atoms with Crippen molar-refractivity contribution in [3.8, 4) is 0 Å². The first-order chi connectivity index (χ1) is 25.9. The molecule has 0 aliphatic carbocycles. The second kappa shape index (κ2) is 17.8. The number of nitrogens with two attached hydrogens (primary N) is 1. The molecule has 0 saturated carbocycles. The van der Waals surface area contributed by atoms with Gasteiger partial charge in [-0.25, -0.2) is 26.8 Å². The molecule has 286 valence electrons. The van der Waals surface area contributed by atoms with Crippen LogP contribution in [0.1, 0.15) is 42.5 Å². The van der Waals surface area contributed by atoms with Crippen molar-refractivity contribution in [1.29, 1.82) is 0 Å². The van der Waals surface area contributed by atoms with Crippen LogP contribution >= 0.6 is 45.9 Å². The Balaban J connectivity index is 0.000000197. The fourth-order valence-electron chi connectivity index (χ4n) is 6.21. The number of nitrogens with zero attached hydrogens (tertiary/aromatic N) is 4. The van der Waals surface area contributed by atoms with Crippen LogP contribution in [0.5, 0.6) is 0 Å². The molecule has 4 N–H and O–H groups in total. The van der Waals surface area contributed by atoms with Crippen molar-refractivity contribution in [1.82, 2.24) is 9.97 Å². The smallest absolute Gasteiger partial charge is 0.263 e. The predicted molar refractivity (Wildman–Crippen MR) is 218 cm³/mol. The SMILES string of the molecule is NC1CCN(c2ccc(S(=O)(=O)Nc3nccs3)cc2)CC1.O=C(CC1CCN(c2ccc(S(=O)(=O)Nc3nccs3)cc2)CC1)c1ccc(Cl)cc1Cl. The number of carbonyl (C=O) groups is 1. The lowest BCUT2D eigenvalue weighted by Crippen LogP contribution is -2.39. The van der Waals surface area contributed by atoms with Crippen molar-refractivity contribution >= 4 is 93.3 Å². The summed E-state index contributed by atoms with van der Waals surface area (Å²) in [5.74, 6) is 0.319. The molecule has 2 saturated heterocycles. The monoisotopic (exact) mass is 847 g/mol. The third-order valence-electron chi connectivity index (χ3n) is 9.19. The Morgan fingerprint density at radius 1 is 0.722 bits per heavy atom. The lowest BCUT2D eigenvalue weighted by atomic mass is 9.89. The van der Waals surface area contributed by atoms with E-state index >= 15 is 0 Å². The number of Topliss-reactive ketones (excluding diaryl/α,β-unsaturated/α-hetero) is 1. The van der Waals surface area contributed by atoms with Gasteiger partial charge in [-0.15, -0.1) is 22.7 Å². The van der Waals surface area contributed by atoms with E-state index in [1.165, 1.54) is 22.7 Å². The highest BCUT2D eigenvalue weighted by Gasteiger charge is 2.24. The van der Waals surface area contributed by atoms with Gasteiger partial charge in [-0.2, -0.15) is 0 Å². The number of carbonyl (C=O) groups excluding carboxylic acids is 1. The average molecular weight is 849 g/mol. The minimum absolute atomic E-state index is 0.0346. The topological polar surface area (TPSA) is 168 Å². The highest BCUT2D eigenvalue weighted by molar-refractivity contribution is 7.93. The van der Waals surface area contributed by atoms with Crippen molar-refractivity contribution in [2.75, 3.05) is 45.4 Å². The number of hydrogen-bond acceptors (Lipinski definition) is 12. The Kier molecular flexibility index (Phi) is 13.1. The van der Waals surface area contributed by atoms with Crippen LogP contribution < -0.4 is 25.0 Å². The molecule has 3 aromatic carbocycles. The molecule has 0 radical (unpaired) electrons. The van der Waals surface area contributed by atoms with Crippen LogP contribution in [-0.2, 0) is 20.0 Å². The van der Waals surface area contributed by atoms with Crippen molar-refractivity contribution in [2.24, 2.45) is 11.7 Å². The highest BCUT2D eigenvalue weighted by Crippen LogP contribution is 2.30. The maximum atomic E-state index is 12.6. The van der Waals surface area contributed by atoms with Crippen LogP contribution in [0.25, 0.3) is 0 Å². The summed E-state index contributed by atoms with van der Waals surface area (Å²) in [7, 11) is -7.24. The van der Waals surface area contributed by atoms with E-state index in [1.54, 1.807) is 65.6 Å². The van der Waals surface area contributed by atoms with Gasteiger partial charge in [0.15, 0.2) is 16.0 Å². The molecule has 7 rings (SSSR count). The number of halogens is 2. The second-order valence-electron chi connectivity index (χ2n) is 12.9. The maximum absolute atomic E-state index is 12.6. The molecule has 0 spiro atoms. The molecule has 0 amide bonds. The first-order valence-corrected chi connectivity index (χ1v) is 22.6. The third kappa shape index (κ3) is 10.5. The molecule has 4 heterocycles. The first kappa shape index (κ1) is 39.9. The van der Waals surface area contributed by atoms with Gasteiger partial charge in [0.05, 0.1) is 14.8 Å². The molecule has 2 aliphatic rings. The van der Waals surface area contributed by atoms with Gasteiger partial charge in [-0.1, -0.05) is 23.2 Å². The number of benzene rings is 3. The van der Waals surface area contributed by atoms with Crippen LogP contribution in [0, 0.1) is 5.92 Å². The van der Waals surface area contributed by atoms with E-state index in [0.717, 1.165) is 63.2 Å². The number of hydrogen-bond donors (Lipinski definition) is 3.